The van der Waals surface area contributed by atoms with Gasteiger partial charge in [-0.15, -0.1) is 0 Å². The molecule has 0 unspecified atom stereocenters. The molecule has 0 fully saturated rings. The molecule has 0 aliphatic carbocycles. The van der Waals surface area contributed by atoms with Crippen LogP contribution in [0.1, 0.15) is 27.7 Å². The molecule has 0 atom stereocenters. The summed E-state index contributed by atoms with van der Waals surface area (Å²) in [5, 5.41) is 9.91. The summed E-state index contributed by atoms with van der Waals surface area (Å²) >= 11 is 0. The van der Waals surface area contributed by atoms with Crippen molar-refractivity contribution < 1.29 is 27.7 Å². The van der Waals surface area contributed by atoms with Crippen LogP contribution in [-0.2, 0) is 4.65 Å². The molecule has 112 valence electrons. The summed E-state index contributed by atoms with van der Waals surface area (Å²) in [7, 11) is -0.0855. The van der Waals surface area contributed by atoms with Gasteiger partial charge in [-0.1, -0.05) is 6.07 Å². The van der Waals surface area contributed by atoms with Crippen LogP contribution >= 0.6 is 0 Å². The molecule has 20 heavy (non-hydrogen) atoms. The van der Waals surface area contributed by atoms with E-state index in [0.717, 1.165) is 6.07 Å². The molecule has 7 heteroatoms. The fraction of sp³-hybridized carbons (Fsp3) is 0.538. The van der Waals surface area contributed by atoms with Gasteiger partial charge in [0.25, 0.3) is 0 Å². The fourth-order valence-electron chi connectivity index (χ4n) is 1.26. The van der Waals surface area contributed by atoms with E-state index >= 15 is 0 Å². The number of ether oxygens (including phenoxy) is 1. The lowest BCUT2D eigenvalue weighted by atomic mass is 9.82. The zero-order valence-corrected chi connectivity index (χ0v) is 11.9. The Morgan fingerprint density at radius 3 is 2.25 bits per heavy atom. The van der Waals surface area contributed by atoms with Gasteiger partial charge >= 0.3 is 14.1 Å². The van der Waals surface area contributed by atoms with Crippen LogP contribution in [-0.4, -0.2) is 30.4 Å². The van der Waals surface area contributed by atoms with Gasteiger partial charge in [0.2, 0.25) is 0 Å². The third kappa shape index (κ3) is 4.42. The van der Waals surface area contributed by atoms with Gasteiger partial charge in [-0.05, 0) is 39.2 Å². The zero-order valence-electron chi connectivity index (χ0n) is 11.9. The lowest BCUT2D eigenvalue weighted by molar-refractivity contribution is -0.0893. The number of benzene rings is 1. The molecule has 0 radical (unpaired) electrons. The summed E-state index contributed by atoms with van der Waals surface area (Å²) < 4.78 is 47.3. The van der Waals surface area contributed by atoms with E-state index in [0.29, 0.717) is 0 Å². The van der Waals surface area contributed by atoms with E-state index < -0.39 is 23.6 Å². The van der Waals surface area contributed by atoms with E-state index in [1.807, 2.05) is 0 Å². The normalized spacial score (nSPS) is 12.7. The van der Waals surface area contributed by atoms with Crippen molar-refractivity contribution in [3.63, 3.8) is 0 Å². The van der Waals surface area contributed by atoms with E-state index in [9.17, 15) is 18.3 Å². The van der Waals surface area contributed by atoms with Crippen LogP contribution in [0.3, 0.4) is 0 Å². The molecule has 0 spiro atoms. The smallest absolute Gasteiger partial charge is 0.387 e. The van der Waals surface area contributed by atoms with Gasteiger partial charge in [0.05, 0.1) is 11.2 Å². The minimum atomic E-state index is -2.99. The SMILES string of the molecule is CC(C)(O)C(C)(C)OBc1ccc(OC(F)F)cc1F. The van der Waals surface area contributed by atoms with Crippen molar-refractivity contribution in [3.05, 3.63) is 24.0 Å². The van der Waals surface area contributed by atoms with E-state index in [2.05, 4.69) is 4.74 Å². The minimum Gasteiger partial charge on any atom is -0.435 e. The van der Waals surface area contributed by atoms with E-state index in [-0.39, 0.29) is 18.7 Å². The van der Waals surface area contributed by atoms with Gasteiger partial charge in [-0.25, -0.2) is 4.39 Å². The summed E-state index contributed by atoms with van der Waals surface area (Å²) in [6, 6.07) is 3.43. The summed E-state index contributed by atoms with van der Waals surface area (Å²) in [6.07, 6.45) is 0. The van der Waals surface area contributed by atoms with Crippen LogP contribution in [0.15, 0.2) is 18.2 Å². The standard InChI is InChI=1S/C13H18BF3O3/c1-12(2,18)13(3,4)20-14-9-6-5-8(7-10(9)15)19-11(16)17/h5-7,11,14,18H,1-4H3. The van der Waals surface area contributed by atoms with Gasteiger partial charge in [-0.2, -0.15) is 8.78 Å². The first-order valence-electron chi connectivity index (χ1n) is 6.12. The molecule has 3 nitrogen and oxygen atoms in total. The average Bonchev–Trinajstić information content (AvgIpc) is 2.25. The molecule has 0 aliphatic heterocycles. The molecule has 0 heterocycles. The Morgan fingerprint density at radius 1 is 1.20 bits per heavy atom. The highest BCUT2D eigenvalue weighted by molar-refractivity contribution is 6.47. The predicted molar refractivity (Wildman–Crippen MR) is 71.3 cm³/mol. The Hall–Kier alpha value is -1.21. The number of rotatable bonds is 6. The van der Waals surface area contributed by atoms with Crippen LogP contribution in [0, 0.1) is 5.82 Å². The lowest BCUT2D eigenvalue weighted by Gasteiger charge is -2.37. The maximum Gasteiger partial charge on any atom is 0.387 e. The van der Waals surface area contributed by atoms with Crippen molar-refractivity contribution in [3.8, 4) is 5.75 Å². The maximum atomic E-state index is 13.7. The van der Waals surface area contributed by atoms with Gasteiger partial charge in [-0.3, -0.25) is 0 Å². The zero-order chi connectivity index (χ0) is 15.6. The third-order valence-corrected chi connectivity index (χ3v) is 3.31. The second kappa shape index (κ2) is 6.05. The molecular weight excluding hydrogens is 272 g/mol. The van der Waals surface area contributed by atoms with Crippen LogP contribution in [0.25, 0.3) is 0 Å². The Balaban J connectivity index is 2.75. The van der Waals surface area contributed by atoms with E-state index in [1.165, 1.54) is 12.1 Å². The number of halogens is 3. The highest BCUT2D eigenvalue weighted by Crippen LogP contribution is 2.24. The summed E-state index contributed by atoms with van der Waals surface area (Å²) in [5.41, 5.74) is -1.80. The Bertz CT molecular complexity index is 459. The van der Waals surface area contributed by atoms with Crippen molar-refractivity contribution in [2.45, 2.75) is 45.5 Å². The van der Waals surface area contributed by atoms with Crippen molar-refractivity contribution >= 4 is 12.9 Å². The first kappa shape index (κ1) is 16.8. The molecule has 0 aromatic heterocycles. The number of hydrogen-bond donors (Lipinski definition) is 1. The van der Waals surface area contributed by atoms with Crippen molar-refractivity contribution in [2.24, 2.45) is 0 Å². The van der Waals surface area contributed by atoms with Gasteiger partial charge < -0.3 is 14.5 Å². The lowest BCUT2D eigenvalue weighted by Crippen LogP contribution is -2.49. The molecule has 0 saturated carbocycles. The highest BCUT2D eigenvalue weighted by Gasteiger charge is 2.35. The number of aliphatic hydroxyl groups is 1. The molecular formula is C13H18BF3O3. The molecule has 0 bridgehead atoms. The maximum absolute atomic E-state index is 13.7. The molecule has 1 rings (SSSR count). The fourth-order valence-corrected chi connectivity index (χ4v) is 1.26. The Labute approximate surface area is 117 Å². The number of hydrogen-bond acceptors (Lipinski definition) is 3. The van der Waals surface area contributed by atoms with Gasteiger partial charge in [0.15, 0.2) is 0 Å². The van der Waals surface area contributed by atoms with Crippen LogP contribution in [0.5, 0.6) is 5.75 Å². The van der Waals surface area contributed by atoms with Crippen LogP contribution < -0.4 is 10.2 Å². The molecule has 0 aliphatic rings. The van der Waals surface area contributed by atoms with Crippen molar-refractivity contribution in [2.75, 3.05) is 0 Å². The third-order valence-electron chi connectivity index (χ3n) is 3.31. The number of alkyl halides is 2. The van der Waals surface area contributed by atoms with Crippen molar-refractivity contribution in [1.29, 1.82) is 0 Å². The van der Waals surface area contributed by atoms with E-state index in [4.69, 9.17) is 4.65 Å². The molecule has 0 saturated heterocycles. The monoisotopic (exact) mass is 290 g/mol. The summed E-state index contributed by atoms with van der Waals surface area (Å²) in [6.45, 7) is 3.54. The highest BCUT2D eigenvalue weighted by atomic mass is 19.3. The quantitative estimate of drug-likeness (QED) is 0.814. The van der Waals surface area contributed by atoms with Crippen LogP contribution in [0.2, 0.25) is 0 Å². The summed E-state index contributed by atoms with van der Waals surface area (Å²) in [5.74, 6) is -0.947. The molecule has 0 amide bonds. The van der Waals surface area contributed by atoms with E-state index in [1.54, 1.807) is 27.7 Å². The van der Waals surface area contributed by atoms with Gasteiger partial charge in [0.1, 0.15) is 11.6 Å². The Kier molecular flexibility index (Phi) is 5.10. The second-order valence-electron chi connectivity index (χ2n) is 5.49. The largest absolute Gasteiger partial charge is 0.435 e. The van der Waals surface area contributed by atoms with Crippen LogP contribution in [0.4, 0.5) is 13.2 Å². The van der Waals surface area contributed by atoms with Crippen molar-refractivity contribution in [1.82, 2.24) is 0 Å². The first-order valence-corrected chi connectivity index (χ1v) is 6.12. The predicted octanol–water partition coefficient (Wildman–Crippen LogP) is 1.97. The molecule has 1 aromatic rings. The molecule has 1 N–H and O–H groups in total. The minimum absolute atomic E-state index is 0.0855. The second-order valence-corrected chi connectivity index (χ2v) is 5.49. The summed E-state index contributed by atoms with van der Waals surface area (Å²) in [4.78, 5) is 0. The average molecular weight is 290 g/mol. The topological polar surface area (TPSA) is 38.7 Å². The first-order chi connectivity index (χ1) is 9.03. The van der Waals surface area contributed by atoms with Gasteiger partial charge in [0, 0.05) is 6.07 Å². The molecule has 1 aromatic carbocycles. The Morgan fingerprint density at radius 2 is 1.80 bits per heavy atom.